The second-order valence-corrected chi connectivity index (χ2v) is 18.3. The number of benzene rings is 9. The van der Waals surface area contributed by atoms with E-state index in [-0.39, 0.29) is 10.8 Å². The Morgan fingerprint density at radius 3 is 1.52 bits per heavy atom. The summed E-state index contributed by atoms with van der Waals surface area (Å²) in [5.41, 5.74) is 24.4. The fourth-order valence-electron chi connectivity index (χ4n) is 11.8. The molecule has 0 amide bonds. The summed E-state index contributed by atoms with van der Waals surface area (Å²) in [6, 6.07) is 79.5. The van der Waals surface area contributed by atoms with Crippen LogP contribution in [0, 0.1) is 0 Å². The van der Waals surface area contributed by atoms with Crippen molar-refractivity contribution >= 4 is 17.1 Å². The molecule has 0 heterocycles. The predicted molar refractivity (Wildman–Crippen MR) is 265 cm³/mol. The van der Waals surface area contributed by atoms with E-state index in [0.29, 0.717) is 0 Å². The average molecular weight is 808 g/mol. The Morgan fingerprint density at radius 2 is 0.825 bits per heavy atom. The smallest absolute Gasteiger partial charge is 0.0540 e. The highest BCUT2D eigenvalue weighted by molar-refractivity contribution is 5.99. The lowest BCUT2D eigenvalue weighted by molar-refractivity contribution is 0.550. The summed E-state index contributed by atoms with van der Waals surface area (Å²) in [7, 11) is 0. The lowest BCUT2D eigenvalue weighted by Crippen LogP contribution is -2.21. The summed E-state index contributed by atoms with van der Waals surface area (Å²) >= 11 is 0. The van der Waals surface area contributed by atoms with E-state index in [1.165, 1.54) is 126 Å². The highest BCUT2D eigenvalue weighted by Gasteiger charge is 2.45. The van der Waals surface area contributed by atoms with Gasteiger partial charge in [-0.3, -0.25) is 0 Å². The first-order chi connectivity index (χ1) is 31.0. The molecule has 9 aromatic rings. The lowest BCUT2D eigenvalue weighted by atomic mass is 9.76. The van der Waals surface area contributed by atoms with E-state index < -0.39 is 0 Å². The van der Waals surface area contributed by atoms with E-state index in [4.69, 9.17) is 0 Å². The van der Waals surface area contributed by atoms with Gasteiger partial charge in [0.25, 0.3) is 0 Å². The SMILES string of the molecule is CC1(C)c2ccccc2-c2cccc(-c3ccccc3N(c3ccc4c(c3)C3(CCCC3)c3ccccc3-4)c3ccccc3-c3ccc(-c4ccccc4)c(-c4ccccc4)c3)c21. The van der Waals surface area contributed by atoms with Crippen LogP contribution in [0.2, 0.25) is 0 Å². The highest BCUT2D eigenvalue weighted by atomic mass is 15.1. The van der Waals surface area contributed by atoms with Crippen LogP contribution in [0.5, 0.6) is 0 Å². The monoisotopic (exact) mass is 807 g/mol. The van der Waals surface area contributed by atoms with Gasteiger partial charge in [-0.05, 0) is 121 Å². The van der Waals surface area contributed by atoms with Crippen molar-refractivity contribution in [3.63, 3.8) is 0 Å². The minimum Gasteiger partial charge on any atom is -0.309 e. The zero-order valence-electron chi connectivity index (χ0n) is 36.0. The summed E-state index contributed by atoms with van der Waals surface area (Å²) in [5, 5.41) is 0. The largest absolute Gasteiger partial charge is 0.309 e. The zero-order valence-corrected chi connectivity index (χ0v) is 36.0. The van der Waals surface area contributed by atoms with Crippen LogP contribution in [0.4, 0.5) is 17.1 Å². The van der Waals surface area contributed by atoms with Crippen molar-refractivity contribution in [1.82, 2.24) is 0 Å². The Kier molecular flexibility index (Phi) is 8.76. The summed E-state index contributed by atoms with van der Waals surface area (Å²) in [6.07, 6.45) is 4.89. The summed E-state index contributed by atoms with van der Waals surface area (Å²) in [6.45, 7) is 4.80. The highest BCUT2D eigenvalue weighted by Crippen LogP contribution is 2.59. The van der Waals surface area contributed by atoms with Gasteiger partial charge in [-0.2, -0.15) is 0 Å². The van der Waals surface area contributed by atoms with Crippen LogP contribution in [-0.4, -0.2) is 0 Å². The van der Waals surface area contributed by atoms with E-state index in [9.17, 15) is 0 Å². The van der Waals surface area contributed by atoms with Gasteiger partial charge in [-0.1, -0.05) is 209 Å². The Balaban J connectivity index is 1.11. The molecule has 1 fully saturated rings. The molecule has 0 N–H and O–H groups in total. The number of fused-ring (bicyclic) bond motifs is 8. The molecular weight excluding hydrogens is 759 g/mol. The van der Waals surface area contributed by atoms with Crippen LogP contribution < -0.4 is 4.90 Å². The minimum absolute atomic E-state index is 0.0422. The maximum atomic E-state index is 2.58. The van der Waals surface area contributed by atoms with Gasteiger partial charge in [0, 0.05) is 27.6 Å². The Labute approximate surface area is 372 Å². The third kappa shape index (κ3) is 5.83. The third-order valence-corrected chi connectivity index (χ3v) is 14.6. The molecule has 3 aliphatic carbocycles. The molecule has 0 saturated heterocycles. The van der Waals surface area contributed by atoms with Crippen LogP contribution in [0.3, 0.4) is 0 Å². The molecule has 0 radical (unpaired) electrons. The first-order valence-corrected chi connectivity index (χ1v) is 22.7. The van der Waals surface area contributed by atoms with Crippen LogP contribution in [0.15, 0.2) is 212 Å². The fraction of sp³-hybridized carbons (Fsp3) is 0.129. The number of hydrogen-bond donors (Lipinski definition) is 0. The Bertz CT molecular complexity index is 3200. The van der Waals surface area contributed by atoms with Crippen molar-refractivity contribution in [2.45, 2.75) is 50.4 Å². The second kappa shape index (κ2) is 14.7. The summed E-state index contributed by atoms with van der Waals surface area (Å²) in [4.78, 5) is 2.58. The molecule has 1 spiro atoms. The van der Waals surface area contributed by atoms with E-state index in [2.05, 4.69) is 231 Å². The molecule has 0 atom stereocenters. The molecule has 0 aliphatic heterocycles. The van der Waals surface area contributed by atoms with Gasteiger partial charge >= 0.3 is 0 Å². The third-order valence-electron chi connectivity index (χ3n) is 14.6. The molecular formula is C62H49N. The van der Waals surface area contributed by atoms with Crippen molar-refractivity contribution in [1.29, 1.82) is 0 Å². The first kappa shape index (κ1) is 37.5. The van der Waals surface area contributed by atoms with Gasteiger partial charge in [0.1, 0.15) is 0 Å². The van der Waals surface area contributed by atoms with Crippen LogP contribution in [0.25, 0.3) is 66.8 Å². The maximum absolute atomic E-state index is 2.58. The van der Waals surface area contributed by atoms with Crippen molar-refractivity contribution < 1.29 is 0 Å². The molecule has 1 heteroatoms. The van der Waals surface area contributed by atoms with Gasteiger partial charge < -0.3 is 4.90 Å². The van der Waals surface area contributed by atoms with Gasteiger partial charge in [0.2, 0.25) is 0 Å². The molecule has 63 heavy (non-hydrogen) atoms. The first-order valence-electron chi connectivity index (χ1n) is 22.7. The Morgan fingerprint density at radius 1 is 0.333 bits per heavy atom. The normalized spacial score (nSPS) is 14.8. The van der Waals surface area contributed by atoms with Crippen molar-refractivity contribution in [3.05, 3.63) is 235 Å². The molecule has 0 aromatic heterocycles. The summed E-state index contributed by atoms with van der Waals surface area (Å²) in [5.74, 6) is 0. The fourth-order valence-corrected chi connectivity index (χ4v) is 11.8. The topological polar surface area (TPSA) is 3.24 Å². The number of rotatable bonds is 7. The van der Waals surface area contributed by atoms with Gasteiger partial charge in [0.15, 0.2) is 0 Å². The van der Waals surface area contributed by atoms with Crippen LogP contribution in [-0.2, 0) is 10.8 Å². The number of nitrogens with zero attached hydrogens (tertiary/aromatic N) is 1. The summed E-state index contributed by atoms with van der Waals surface area (Å²) < 4.78 is 0. The molecule has 1 saturated carbocycles. The van der Waals surface area contributed by atoms with Crippen LogP contribution >= 0.6 is 0 Å². The van der Waals surface area contributed by atoms with E-state index in [1.807, 2.05) is 0 Å². The zero-order chi connectivity index (χ0) is 42.1. The van der Waals surface area contributed by atoms with Crippen molar-refractivity contribution in [2.75, 3.05) is 4.90 Å². The van der Waals surface area contributed by atoms with Gasteiger partial charge in [-0.15, -0.1) is 0 Å². The molecule has 0 bridgehead atoms. The molecule has 0 unspecified atom stereocenters. The minimum atomic E-state index is -0.166. The number of anilines is 3. The van der Waals surface area contributed by atoms with E-state index in [1.54, 1.807) is 0 Å². The van der Waals surface area contributed by atoms with Crippen molar-refractivity contribution in [3.8, 4) is 66.8 Å². The van der Waals surface area contributed by atoms with Crippen molar-refractivity contribution in [2.24, 2.45) is 0 Å². The Hall–Kier alpha value is -7.22. The second-order valence-electron chi connectivity index (χ2n) is 18.3. The standard InChI is InChI=1S/C62H49N/c1-61(2)55-30-13-9-26-49(55)52-28-19-29-53(60(52)61)51-27-12-16-33-59(51)63(45-35-37-50-48-25-10-14-31-56(48)62(57(50)41-45)38-17-18-39-62)58-32-15-11-24-47(58)44-34-36-46(42-20-5-3-6-21-42)54(40-44)43-22-7-4-8-23-43/h3-16,19-37,40-41H,17-18,38-39H2,1-2H3. The average Bonchev–Trinajstić information content (AvgIpc) is 4.02. The van der Waals surface area contributed by atoms with Crippen LogP contribution in [0.1, 0.15) is 61.8 Å². The van der Waals surface area contributed by atoms with E-state index in [0.717, 1.165) is 5.69 Å². The molecule has 1 nitrogen and oxygen atoms in total. The molecule has 302 valence electrons. The van der Waals surface area contributed by atoms with Gasteiger partial charge in [-0.25, -0.2) is 0 Å². The molecule has 12 rings (SSSR count). The molecule has 9 aromatic carbocycles. The lowest BCUT2D eigenvalue weighted by Gasteiger charge is -2.33. The number of hydrogen-bond acceptors (Lipinski definition) is 1. The predicted octanol–water partition coefficient (Wildman–Crippen LogP) is 17.0. The van der Waals surface area contributed by atoms with Gasteiger partial charge in [0.05, 0.1) is 11.4 Å². The molecule has 3 aliphatic rings. The quantitative estimate of drug-likeness (QED) is 0.155. The maximum Gasteiger partial charge on any atom is 0.0540 e. The number of para-hydroxylation sites is 2. The van der Waals surface area contributed by atoms with E-state index >= 15 is 0 Å².